The predicted molar refractivity (Wildman–Crippen MR) is 135 cm³/mol. The maximum atomic E-state index is 4.54. The lowest BCUT2D eigenvalue weighted by Crippen LogP contribution is -2.44. The van der Waals surface area contributed by atoms with Gasteiger partial charge in [0, 0.05) is 18.7 Å². The Morgan fingerprint density at radius 3 is 2.30 bits per heavy atom. The molecule has 0 saturated heterocycles. The van der Waals surface area contributed by atoms with E-state index in [1.165, 1.54) is 33.5 Å². The molecule has 1 aromatic heterocycles. The molecule has 1 aliphatic rings. The Labute approximate surface area is 196 Å². The van der Waals surface area contributed by atoms with Gasteiger partial charge in [-0.2, -0.15) is 4.24 Å². The van der Waals surface area contributed by atoms with Gasteiger partial charge in [-0.1, -0.05) is 97.1 Å². The Balaban J connectivity index is 1.67. The van der Waals surface area contributed by atoms with Crippen LogP contribution in [0.4, 0.5) is 0 Å². The van der Waals surface area contributed by atoms with Crippen molar-refractivity contribution in [1.29, 1.82) is 0 Å². The van der Waals surface area contributed by atoms with Gasteiger partial charge in [-0.15, -0.1) is 0 Å². The summed E-state index contributed by atoms with van der Waals surface area (Å²) in [7, 11) is 2.19. The molecule has 0 radical (unpaired) electrons. The summed E-state index contributed by atoms with van der Waals surface area (Å²) < 4.78 is 2.13. The van der Waals surface area contributed by atoms with Gasteiger partial charge >= 0.3 is 0 Å². The zero-order valence-electron chi connectivity index (χ0n) is 19.1. The normalized spacial score (nSPS) is 15.3. The van der Waals surface area contributed by atoms with Crippen molar-refractivity contribution in [3.63, 3.8) is 0 Å². The van der Waals surface area contributed by atoms with Gasteiger partial charge in [0.1, 0.15) is 12.8 Å². The third kappa shape index (κ3) is 4.30. The van der Waals surface area contributed by atoms with Crippen molar-refractivity contribution in [3.05, 3.63) is 155 Å². The van der Waals surface area contributed by atoms with E-state index < -0.39 is 0 Å². The standard InChI is InChI=1S/C31H29N2/c1-32(23-24-13-5-3-6-14-24)31(26-16-7-4-8-17-26)30-22-12-21-29(33(30)2)28-20-11-18-25-15-9-10-19-27(25)28/h3-17,19-22,31H,2,18,23H2,1H3/q+1. The Kier molecular flexibility index (Phi) is 6.01. The lowest BCUT2D eigenvalue weighted by atomic mass is 9.92. The molecular weight excluding hydrogens is 400 g/mol. The minimum Gasteiger partial charge on any atom is -0.286 e. The largest absolute Gasteiger partial charge is 0.286 e. The molecule has 0 fully saturated rings. The third-order valence-electron chi connectivity index (χ3n) is 6.44. The van der Waals surface area contributed by atoms with E-state index in [4.69, 9.17) is 0 Å². The maximum Gasteiger partial charge on any atom is 0.218 e. The van der Waals surface area contributed by atoms with Crippen LogP contribution in [-0.2, 0) is 13.0 Å². The second-order valence-electron chi connectivity index (χ2n) is 8.66. The molecule has 1 atom stereocenters. The van der Waals surface area contributed by atoms with Gasteiger partial charge in [-0.3, -0.25) is 4.90 Å². The van der Waals surface area contributed by atoms with Crippen molar-refractivity contribution in [2.24, 2.45) is 0 Å². The minimum absolute atomic E-state index is 0.0762. The summed E-state index contributed by atoms with van der Waals surface area (Å²) in [6.07, 6.45) is 5.47. The average molecular weight is 430 g/mol. The summed E-state index contributed by atoms with van der Waals surface area (Å²) in [6.45, 7) is 5.39. The van der Waals surface area contributed by atoms with Gasteiger partial charge in [-0.05, 0) is 41.8 Å². The molecule has 33 heavy (non-hydrogen) atoms. The smallest absolute Gasteiger partial charge is 0.218 e. The highest BCUT2D eigenvalue weighted by Crippen LogP contribution is 2.27. The second kappa shape index (κ2) is 9.40. The van der Waals surface area contributed by atoms with E-state index in [0.717, 1.165) is 18.3 Å². The van der Waals surface area contributed by atoms with Crippen LogP contribution in [-0.4, -0.2) is 11.9 Å². The fraction of sp³-hybridized carbons (Fsp3) is 0.129. The van der Waals surface area contributed by atoms with Gasteiger partial charge in [0.15, 0.2) is 0 Å². The molecule has 0 saturated carbocycles. The molecule has 0 spiro atoms. The van der Waals surface area contributed by atoms with Gasteiger partial charge < -0.3 is 0 Å². The predicted octanol–water partition coefficient (Wildman–Crippen LogP) is 5.15. The first-order valence-corrected chi connectivity index (χ1v) is 11.5. The quantitative estimate of drug-likeness (QED) is 0.399. The molecule has 4 aromatic rings. The Hall–Kier alpha value is -3.75. The fourth-order valence-corrected chi connectivity index (χ4v) is 4.86. The highest BCUT2D eigenvalue weighted by atomic mass is 15.1. The number of hydrogen-bond acceptors (Lipinski definition) is 1. The molecule has 2 nitrogen and oxygen atoms in total. The van der Waals surface area contributed by atoms with E-state index in [2.05, 4.69) is 138 Å². The molecule has 1 aliphatic carbocycles. The van der Waals surface area contributed by atoms with Gasteiger partial charge in [0.25, 0.3) is 0 Å². The number of allylic oxidation sites excluding steroid dienone is 2. The van der Waals surface area contributed by atoms with Crippen LogP contribution >= 0.6 is 0 Å². The highest BCUT2D eigenvalue weighted by Gasteiger charge is 2.26. The first kappa shape index (κ1) is 21.1. The summed E-state index contributed by atoms with van der Waals surface area (Å²) in [5.41, 5.74) is 7.61. The molecule has 0 aliphatic heterocycles. The van der Waals surface area contributed by atoms with Gasteiger partial charge in [-0.25, -0.2) is 0 Å². The molecule has 1 heterocycles. The van der Waals surface area contributed by atoms with Crippen molar-refractivity contribution in [1.82, 2.24) is 4.90 Å². The van der Waals surface area contributed by atoms with E-state index in [-0.39, 0.29) is 6.04 Å². The van der Waals surface area contributed by atoms with E-state index in [1.807, 2.05) is 0 Å². The summed E-state index contributed by atoms with van der Waals surface area (Å²) in [4.78, 5) is 2.40. The Bertz CT molecular complexity index is 1390. The van der Waals surface area contributed by atoms with E-state index in [1.54, 1.807) is 0 Å². The molecule has 5 rings (SSSR count). The monoisotopic (exact) mass is 429 g/mol. The molecule has 0 amide bonds. The second-order valence-corrected chi connectivity index (χ2v) is 8.66. The average Bonchev–Trinajstić information content (AvgIpc) is 2.86. The van der Waals surface area contributed by atoms with Crippen LogP contribution < -0.4 is 9.59 Å². The molecule has 2 heteroatoms. The number of hydrogen-bond donors (Lipinski definition) is 0. The first-order valence-electron chi connectivity index (χ1n) is 11.5. The molecule has 0 N–H and O–H groups in total. The van der Waals surface area contributed by atoms with Crippen molar-refractivity contribution in [2.45, 2.75) is 19.0 Å². The van der Waals surface area contributed by atoms with Crippen LogP contribution in [0.3, 0.4) is 0 Å². The maximum absolute atomic E-state index is 4.54. The van der Waals surface area contributed by atoms with Crippen molar-refractivity contribution in [3.8, 4) is 0 Å². The topological polar surface area (TPSA) is 9.14 Å². The zero-order valence-corrected chi connectivity index (χ0v) is 19.1. The minimum atomic E-state index is 0.0762. The SMILES string of the molecule is C=[n+]1c(C(c2ccccc2)N(C)Cc2ccccc2)cccc1=C1C=CCc2ccccc21. The number of aromatic nitrogens is 1. The summed E-state index contributed by atoms with van der Waals surface area (Å²) in [5.74, 6) is 0. The summed E-state index contributed by atoms with van der Waals surface area (Å²) >= 11 is 0. The first-order chi connectivity index (χ1) is 16.2. The highest BCUT2D eigenvalue weighted by molar-refractivity contribution is 5.76. The van der Waals surface area contributed by atoms with Crippen LogP contribution in [0.15, 0.2) is 115 Å². The lowest BCUT2D eigenvalue weighted by Gasteiger charge is -2.26. The molecule has 162 valence electrons. The van der Waals surface area contributed by atoms with Crippen molar-refractivity contribution in [2.75, 3.05) is 7.05 Å². The fourth-order valence-electron chi connectivity index (χ4n) is 4.86. The summed E-state index contributed by atoms with van der Waals surface area (Å²) in [5, 5.41) is 1.13. The van der Waals surface area contributed by atoms with Gasteiger partial charge in [0.05, 0.1) is 5.57 Å². The number of benzene rings is 3. The number of pyridine rings is 1. The molecular formula is C31H29N2+. The Morgan fingerprint density at radius 2 is 1.52 bits per heavy atom. The van der Waals surface area contributed by atoms with Crippen molar-refractivity contribution < 1.29 is 4.24 Å². The number of nitrogens with zero attached hydrogens (tertiary/aromatic N) is 2. The van der Waals surface area contributed by atoms with Crippen LogP contribution in [0, 0.1) is 6.72 Å². The lowest BCUT2D eigenvalue weighted by molar-refractivity contribution is -0.527. The third-order valence-corrected chi connectivity index (χ3v) is 6.44. The van der Waals surface area contributed by atoms with Crippen LogP contribution in [0.2, 0.25) is 0 Å². The molecule has 1 unspecified atom stereocenters. The van der Waals surface area contributed by atoms with Crippen LogP contribution in [0.1, 0.15) is 34.0 Å². The Morgan fingerprint density at radius 1 is 0.818 bits per heavy atom. The number of fused-ring (bicyclic) bond motifs is 1. The van der Waals surface area contributed by atoms with Gasteiger partial charge in [0.2, 0.25) is 11.0 Å². The van der Waals surface area contributed by atoms with E-state index >= 15 is 0 Å². The van der Waals surface area contributed by atoms with Crippen molar-refractivity contribution >= 4 is 5.57 Å². The van der Waals surface area contributed by atoms with E-state index in [0.29, 0.717) is 0 Å². The molecule has 3 aromatic carbocycles. The summed E-state index contributed by atoms with van der Waals surface area (Å²) in [6, 6.07) is 36.7. The number of rotatable bonds is 5. The van der Waals surface area contributed by atoms with E-state index in [9.17, 15) is 0 Å². The zero-order chi connectivity index (χ0) is 22.6. The molecule has 0 bridgehead atoms. The van der Waals surface area contributed by atoms with Crippen LogP contribution in [0.25, 0.3) is 5.57 Å². The van der Waals surface area contributed by atoms with Crippen LogP contribution in [0.5, 0.6) is 0 Å².